The molecule has 0 saturated carbocycles. The van der Waals surface area contributed by atoms with Crippen molar-refractivity contribution < 1.29 is 19.1 Å². The number of benzene rings is 2. The molecule has 0 atom stereocenters. The van der Waals surface area contributed by atoms with Crippen molar-refractivity contribution in [1.29, 1.82) is 0 Å². The van der Waals surface area contributed by atoms with E-state index in [1.54, 1.807) is 44.4 Å². The Bertz CT molecular complexity index is 979. The first-order valence-corrected chi connectivity index (χ1v) is 8.23. The van der Waals surface area contributed by atoms with Crippen molar-refractivity contribution in [2.45, 2.75) is 6.54 Å². The van der Waals surface area contributed by atoms with Crippen molar-refractivity contribution in [3.8, 4) is 11.3 Å². The number of carbonyl (C=O) groups is 2. The van der Waals surface area contributed by atoms with Crippen LogP contribution >= 0.6 is 0 Å². The first-order chi connectivity index (χ1) is 12.8. The third-order valence-corrected chi connectivity index (χ3v) is 4.21. The molecule has 6 nitrogen and oxygen atoms in total. The molecular formula is C20H18FN3O3. The number of carbonyl (C=O) groups excluding carboxylic acids is 1. The van der Waals surface area contributed by atoms with Gasteiger partial charge < -0.3 is 10.0 Å². The van der Waals surface area contributed by atoms with Crippen LogP contribution in [-0.2, 0) is 13.6 Å². The Morgan fingerprint density at radius 2 is 1.74 bits per heavy atom. The highest BCUT2D eigenvalue weighted by atomic mass is 19.1. The predicted octanol–water partition coefficient (Wildman–Crippen LogP) is 3.20. The second kappa shape index (κ2) is 7.41. The average molecular weight is 367 g/mol. The van der Waals surface area contributed by atoms with Crippen molar-refractivity contribution in [3.63, 3.8) is 0 Å². The van der Waals surface area contributed by atoms with E-state index >= 15 is 0 Å². The lowest BCUT2D eigenvalue weighted by molar-refractivity contribution is 0.0695. The van der Waals surface area contributed by atoms with Crippen LogP contribution in [-0.4, -0.2) is 38.7 Å². The maximum atomic E-state index is 13.1. The summed E-state index contributed by atoms with van der Waals surface area (Å²) in [5.41, 5.74) is 2.72. The summed E-state index contributed by atoms with van der Waals surface area (Å²) in [6, 6.07) is 14.0. The highest BCUT2D eigenvalue weighted by molar-refractivity contribution is 5.93. The molecule has 1 amide bonds. The minimum Gasteiger partial charge on any atom is -0.478 e. The number of carboxylic acids is 1. The summed E-state index contributed by atoms with van der Waals surface area (Å²) in [5.74, 6) is -1.55. The van der Waals surface area contributed by atoms with Crippen LogP contribution in [0.15, 0.2) is 54.6 Å². The van der Waals surface area contributed by atoms with Gasteiger partial charge in [-0.1, -0.05) is 12.1 Å². The zero-order valence-corrected chi connectivity index (χ0v) is 14.9. The molecule has 1 heterocycles. The summed E-state index contributed by atoms with van der Waals surface area (Å²) >= 11 is 0. The maximum absolute atomic E-state index is 13.1. The molecule has 0 bridgehead atoms. The topological polar surface area (TPSA) is 75.4 Å². The molecule has 0 spiro atoms. The molecule has 3 aromatic rings. The van der Waals surface area contributed by atoms with Crippen molar-refractivity contribution in [2.75, 3.05) is 7.05 Å². The van der Waals surface area contributed by atoms with Crippen LogP contribution in [0.1, 0.15) is 26.4 Å². The largest absolute Gasteiger partial charge is 0.478 e. The van der Waals surface area contributed by atoms with Gasteiger partial charge in [0.25, 0.3) is 5.91 Å². The Hall–Kier alpha value is -3.48. The number of aromatic carboxylic acids is 1. The number of nitrogens with zero attached hydrogens (tertiary/aromatic N) is 3. The maximum Gasteiger partial charge on any atom is 0.335 e. The summed E-state index contributed by atoms with van der Waals surface area (Å²) < 4.78 is 14.6. The van der Waals surface area contributed by atoms with Gasteiger partial charge in [0.05, 0.1) is 11.3 Å². The van der Waals surface area contributed by atoms with Gasteiger partial charge in [0.1, 0.15) is 11.5 Å². The Kier molecular flexibility index (Phi) is 5.03. The fourth-order valence-electron chi connectivity index (χ4n) is 2.72. The van der Waals surface area contributed by atoms with Crippen LogP contribution in [0.4, 0.5) is 4.39 Å². The molecule has 0 fully saturated rings. The summed E-state index contributed by atoms with van der Waals surface area (Å²) in [7, 11) is 3.34. The van der Waals surface area contributed by atoms with E-state index in [9.17, 15) is 14.0 Å². The monoisotopic (exact) mass is 367 g/mol. The van der Waals surface area contributed by atoms with Crippen molar-refractivity contribution in [1.82, 2.24) is 14.7 Å². The normalized spacial score (nSPS) is 10.6. The fourth-order valence-corrected chi connectivity index (χ4v) is 2.72. The summed E-state index contributed by atoms with van der Waals surface area (Å²) in [6.45, 7) is 0.329. The second-order valence-electron chi connectivity index (χ2n) is 6.21. The van der Waals surface area contributed by atoms with Crippen molar-refractivity contribution >= 4 is 11.9 Å². The van der Waals surface area contributed by atoms with Gasteiger partial charge >= 0.3 is 5.97 Å². The van der Waals surface area contributed by atoms with Crippen molar-refractivity contribution in [3.05, 3.63) is 77.2 Å². The smallest absolute Gasteiger partial charge is 0.335 e. The van der Waals surface area contributed by atoms with Crippen LogP contribution in [0.3, 0.4) is 0 Å². The number of aromatic nitrogens is 2. The molecule has 0 aliphatic rings. The second-order valence-corrected chi connectivity index (χ2v) is 6.21. The number of halogens is 1. The van der Waals surface area contributed by atoms with E-state index in [0.717, 1.165) is 11.1 Å². The Labute approximate surface area is 155 Å². The van der Waals surface area contributed by atoms with E-state index in [-0.39, 0.29) is 17.3 Å². The summed E-state index contributed by atoms with van der Waals surface area (Å²) in [5, 5.41) is 13.3. The Morgan fingerprint density at radius 3 is 2.33 bits per heavy atom. The molecule has 0 unspecified atom stereocenters. The standard InChI is InChI=1S/C20H18FN3O3/c1-23(12-13-3-5-15(6-4-13)20(26)27)19(25)18-11-17(22-24(18)2)14-7-9-16(21)10-8-14/h3-11H,12H2,1-2H3,(H,26,27). The van der Waals surface area contributed by atoms with E-state index < -0.39 is 5.97 Å². The van der Waals surface area contributed by atoms with Gasteiger partial charge in [-0.25, -0.2) is 9.18 Å². The van der Waals surface area contributed by atoms with E-state index in [2.05, 4.69) is 5.10 Å². The van der Waals surface area contributed by atoms with Gasteiger partial charge in [0.15, 0.2) is 0 Å². The predicted molar refractivity (Wildman–Crippen MR) is 97.8 cm³/mol. The fraction of sp³-hybridized carbons (Fsp3) is 0.150. The molecule has 0 aliphatic heterocycles. The third-order valence-electron chi connectivity index (χ3n) is 4.21. The number of amides is 1. The number of hydrogen-bond donors (Lipinski definition) is 1. The zero-order chi connectivity index (χ0) is 19.6. The van der Waals surface area contributed by atoms with E-state index in [0.29, 0.717) is 17.9 Å². The molecule has 1 aromatic heterocycles. The number of hydrogen-bond acceptors (Lipinski definition) is 3. The first kappa shape index (κ1) is 18.3. The van der Waals surface area contributed by atoms with Gasteiger partial charge in [0, 0.05) is 26.2 Å². The summed E-state index contributed by atoms with van der Waals surface area (Å²) in [6.07, 6.45) is 0. The highest BCUT2D eigenvalue weighted by Crippen LogP contribution is 2.20. The molecule has 27 heavy (non-hydrogen) atoms. The van der Waals surface area contributed by atoms with Crippen molar-refractivity contribution in [2.24, 2.45) is 7.05 Å². The van der Waals surface area contributed by atoms with E-state index in [4.69, 9.17) is 5.11 Å². The third kappa shape index (κ3) is 4.03. The first-order valence-electron chi connectivity index (χ1n) is 8.23. The molecule has 0 radical (unpaired) electrons. The summed E-state index contributed by atoms with van der Waals surface area (Å²) in [4.78, 5) is 25.2. The molecule has 3 rings (SSSR count). The Morgan fingerprint density at radius 1 is 1.11 bits per heavy atom. The van der Waals surface area contributed by atoms with Crippen LogP contribution in [0.2, 0.25) is 0 Å². The SMILES string of the molecule is CN(Cc1ccc(C(=O)O)cc1)C(=O)c1cc(-c2ccc(F)cc2)nn1C. The van der Waals surface area contributed by atoms with Gasteiger partial charge in [-0.2, -0.15) is 5.10 Å². The molecular weight excluding hydrogens is 349 g/mol. The van der Waals surface area contributed by atoms with Crippen LogP contribution < -0.4 is 0 Å². The average Bonchev–Trinajstić information content (AvgIpc) is 3.03. The molecule has 0 aliphatic carbocycles. The van der Waals surface area contributed by atoms with E-state index in [1.165, 1.54) is 33.8 Å². The van der Waals surface area contributed by atoms with Gasteiger partial charge in [0.2, 0.25) is 0 Å². The van der Waals surface area contributed by atoms with Crippen LogP contribution in [0, 0.1) is 5.82 Å². The lowest BCUT2D eigenvalue weighted by Gasteiger charge is -2.17. The lowest BCUT2D eigenvalue weighted by Crippen LogP contribution is -2.28. The number of rotatable bonds is 5. The molecule has 138 valence electrons. The Balaban J connectivity index is 1.76. The lowest BCUT2D eigenvalue weighted by atomic mass is 10.1. The molecule has 1 N–H and O–H groups in total. The van der Waals surface area contributed by atoms with Gasteiger partial charge in [-0.15, -0.1) is 0 Å². The quantitative estimate of drug-likeness (QED) is 0.751. The van der Waals surface area contributed by atoms with E-state index in [1.807, 2.05) is 0 Å². The zero-order valence-electron chi connectivity index (χ0n) is 14.9. The minimum atomic E-state index is -0.991. The number of aryl methyl sites for hydroxylation is 1. The van der Waals surface area contributed by atoms with Crippen LogP contribution in [0.25, 0.3) is 11.3 Å². The molecule has 0 saturated heterocycles. The number of carboxylic acid groups (broad SMARTS) is 1. The minimum absolute atomic E-state index is 0.198. The molecule has 7 heteroatoms. The van der Waals surface area contributed by atoms with Gasteiger partial charge in [-0.05, 0) is 48.0 Å². The highest BCUT2D eigenvalue weighted by Gasteiger charge is 2.18. The van der Waals surface area contributed by atoms with Crippen LogP contribution in [0.5, 0.6) is 0 Å². The molecule has 2 aromatic carbocycles. The van der Waals surface area contributed by atoms with Gasteiger partial charge in [-0.3, -0.25) is 9.48 Å².